The Balaban J connectivity index is 1.35. The number of nitrogens with zero attached hydrogens (tertiary/aromatic N) is 3. The lowest BCUT2D eigenvalue weighted by atomic mass is 10.1. The first-order chi connectivity index (χ1) is 17.8. The molecule has 11 heteroatoms. The lowest BCUT2D eigenvalue weighted by Gasteiger charge is -2.36. The van der Waals surface area contributed by atoms with Crippen molar-refractivity contribution in [2.45, 2.75) is 0 Å². The molecule has 0 aromatic heterocycles. The average molecular weight is 525 g/mol. The number of halogens is 1. The van der Waals surface area contributed by atoms with E-state index < -0.39 is 10.8 Å². The van der Waals surface area contributed by atoms with E-state index in [-0.39, 0.29) is 22.2 Å². The molecule has 0 saturated carbocycles. The number of non-ortho nitro benzene ring substituents is 1. The summed E-state index contributed by atoms with van der Waals surface area (Å²) >= 11 is 6.05. The van der Waals surface area contributed by atoms with Crippen molar-refractivity contribution in [3.05, 3.63) is 86.9 Å². The Bertz CT molecular complexity index is 1300. The molecule has 1 saturated heterocycles. The molecule has 1 aliphatic rings. The van der Waals surface area contributed by atoms with Crippen molar-refractivity contribution < 1.29 is 24.0 Å². The van der Waals surface area contributed by atoms with Crippen LogP contribution >= 0.6 is 11.6 Å². The van der Waals surface area contributed by atoms with E-state index in [1.54, 1.807) is 49.5 Å². The molecule has 1 heterocycles. The van der Waals surface area contributed by atoms with E-state index in [4.69, 9.17) is 21.1 Å². The van der Waals surface area contributed by atoms with Crippen LogP contribution in [-0.4, -0.2) is 62.0 Å². The van der Waals surface area contributed by atoms with Gasteiger partial charge >= 0.3 is 0 Å². The highest BCUT2D eigenvalue weighted by Gasteiger charge is 2.23. The van der Waals surface area contributed by atoms with E-state index >= 15 is 0 Å². The SMILES string of the molecule is COc1cc(OC)cc(C(=O)N2CCN(c3ccc(NC(=O)c4ccc([N+](=O)[O-])cc4Cl)cc3)CC2)c1. The zero-order valence-corrected chi connectivity index (χ0v) is 21.0. The third-order valence-electron chi connectivity index (χ3n) is 6.06. The Hall–Kier alpha value is -4.31. The summed E-state index contributed by atoms with van der Waals surface area (Å²) in [6, 6.07) is 16.2. The number of nitro groups is 1. The fraction of sp³-hybridized carbons (Fsp3) is 0.231. The number of nitrogens with one attached hydrogen (secondary N) is 1. The molecule has 0 aliphatic carbocycles. The maximum Gasteiger partial charge on any atom is 0.270 e. The van der Waals surface area contributed by atoms with Gasteiger partial charge in [-0.15, -0.1) is 0 Å². The monoisotopic (exact) mass is 524 g/mol. The van der Waals surface area contributed by atoms with Crippen LogP contribution in [0.25, 0.3) is 0 Å². The normalized spacial score (nSPS) is 13.2. The second kappa shape index (κ2) is 11.2. The average Bonchev–Trinajstić information content (AvgIpc) is 2.92. The zero-order chi connectivity index (χ0) is 26.5. The second-order valence-electron chi connectivity index (χ2n) is 8.30. The molecule has 37 heavy (non-hydrogen) atoms. The van der Waals surface area contributed by atoms with Crippen molar-refractivity contribution in [1.82, 2.24) is 4.90 Å². The van der Waals surface area contributed by atoms with Gasteiger partial charge in [-0.3, -0.25) is 19.7 Å². The number of carbonyl (C=O) groups excluding carboxylic acids is 2. The predicted molar refractivity (Wildman–Crippen MR) is 140 cm³/mol. The number of methoxy groups -OCH3 is 2. The van der Waals surface area contributed by atoms with Crippen LogP contribution < -0.4 is 19.7 Å². The number of nitro benzene ring substituents is 1. The molecule has 10 nitrogen and oxygen atoms in total. The number of benzene rings is 3. The molecule has 3 aromatic carbocycles. The van der Waals surface area contributed by atoms with Crippen LogP contribution in [0, 0.1) is 10.1 Å². The van der Waals surface area contributed by atoms with Gasteiger partial charge in [0.2, 0.25) is 0 Å². The highest BCUT2D eigenvalue weighted by molar-refractivity contribution is 6.34. The standard InChI is InChI=1S/C26H25ClN4O6/c1-36-21-13-17(14-22(16-21)37-2)26(33)30-11-9-29(10-12-30)19-5-3-18(4-6-19)28-25(32)23-8-7-20(31(34)35)15-24(23)27/h3-8,13-16H,9-12H2,1-2H3,(H,28,32). The predicted octanol–water partition coefficient (Wildman–Crippen LogP) is 4.48. The van der Waals surface area contributed by atoms with Gasteiger partial charge in [-0.1, -0.05) is 11.6 Å². The summed E-state index contributed by atoms with van der Waals surface area (Å²) in [6.45, 7) is 2.40. The molecule has 2 amide bonds. The van der Waals surface area contributed by atoms with E-state index in [1.165, 1.54) is 12.1 Å². The van der Waals surface area contributed by atoms with Crippen molar-refractivity contribution in [2.75, 3.05) is 50.6 Å². The van der Waals surface area contributed by atoms with Crippen LogP contribution in [0.2, 0.25) is 5.02 Å². The van der Waals surface area contributed by atoms with E-state index in [0.29, 0.717) is 48.9 Å². The first-order valence-electron chi connectivity index (χ1n) is 11.4. The minimum Gasteiger partial charge on any atom is -0.497 e. The summed E-state index contributed by atoms with van der Waals surface area (Å²) in [6.07, 6.45) is 0. The molecule has 0 spiro atoms. The van der Waals surface area contributed by atoms with Crippen LogP contribution in [0.4, 0.5) is 17.1 Å². The summed E-state index contributed by atoms with van der Waals surface area (Å²) in [5.74, 6) is 0.572. The quantitative estimate of drug-likeness (QED) is 0.358. The van der Waals surface area contributed by atoms with Crippen LogP contribution in [-0.2, 0) is 0 Å². The van der Waals surface area contributed by atoms with Gasteiger partial charge in [-0.05, 0) is 42.5 Å². The lowest BCUT2D eigenvalue weighted by Crippen LogP contribution is -2.48. The lowest BCUT2D eigenvalue weighted by molar-refractivity contribution is -0.384. The highest BCUT2D eigenvalue weighted by atomic mass is 35.5. The molecule has 0 bridgehead atoms. The Kier molecular flexibility index (Phi) is 7.78. The smallest absolute Gasteiger partial charge is 0.270 e. The van der Waals surface area contributed by atoms with E-state index in [1.807, 2.05) is 12.1 Å². The van der Waals surface area contributed by atoms with Gasteiger partial charge in [0.15, 0.2) is 0 Å². The zero-order valence-electron chi connectivity index (χ0n) is 20.3. The molecule has 1 fully saturated rings. The number of piperazine rings is 1. The van der Waals surface area contributed by atoms with Crippen molar-refractivity contribution in [3.63, 3.8) is 0 Å². The van der Waals surface area contributed by atoms with Gasteiger partial charge in [0.25, 0.3) is 17.5 Å². The first-order valence-corrected chi connectivity index (χ1v) is 11.8. The summed E-state index contributed by atoms with van der Waals surface area (Å²) in [4.78, 5) is 39.9. The number of amides is 2. The van der Waals surface area contributed by atoms with E-state index in [9.17, 15) is 19.7 Å². The molecule has 192 valence electrons. The largest absolute Gasteiger partial charge is 0.497 e. The Morgan fingerprint density at radius 3 is 2.08 bits per heavy atom. The van der Waals surface area contributed by atoms with Gasteiger partial charge < -0.3 is 24.6 Å². The van der Waals surface area contributed by atoms with Crippen molar-refractivity contribution in [2.24, 2.45) is 0 Å². The van der Waals surface area contributed by atoms with Crippen LogP contribution in [0.1, 0.15) is 20.7 Å². The Morgan fingerprint density at radius 1 is 0.919 bits per heavy atom. The third kappa shape index (κ3) is 5.92. The van der Waals surface area contributed by atoms with Gasteiger partial charge in [0.1, 0.15) is 11.5 Å². The molecule has 0 radical (unpaired) electrons. The number of rotatable bonds is 7. The topological polar surface area (TPSA) is 114 Å². The molecule has 0 atom stereocenters. The number of hydrogen-bond donors (Lipinski definition) is 1. The molecule has 1 N–H and O–H groups in total. The summed E-state index contributed by atoms with van der Waals surface area (Å²) in [5, 5.41) is 13.6. The van der Waals surface area contributed by atoms with Crippen molar-refractivity contribution in [1.29, 1.82) is 0 Å². The second-order valence-corrected chi connectivity index (χ2v) is 8.71. The summed E-state index contributed by atoms with van der Waals surface area (Å²) < 4.78 is 10.5. The molecular weight excluding hydrogens is 500 g/mol. The van der Waals surface area contributed by atoms with E-state index in [0.717, 1.165) is 11.8 Å². The van der Waals surface area contributed by atoms with Gasteiger partial charge in [0, 0.05) is 61.3 Å². The van der Waals surface area contributed by atoms with Crippen LogP contribution in [0.5, 0.6) is 11.5 Å². The van der Waals surface area contributed by atoms with Gasteiger partial charge in [0.05, 0.1) is 29.7 Å². The van der Waals surface area contributed by atoms with Crippen molar-refractivity contribution in [3.8, 4) is 11.5 Å². The van der Waals surface area contributed by atoms with E-state index in [2.05, 4.69) is 10.2 Å². The summed E-state index contributed by atoms with van der Waals surface area (Å²) in [5.41, 5.74) is 1.99. The Morgan fingerprint density at radius 2 is 1.54 bits per heavy atom. The summed E-state index contributed by atoms with van der Waals surface area (Å²) in [7, 11) is 3.09. The van der Waals surface area contributed by atoms with Crippen molar-refractivity contribution >= 4 is 40.5 Å². The minimum absolute atomic E-state index is 0.00290. The number of anilines is 2. The Labute approximate surface area is 218 Å². The molecule has 1 aliphatic heterocycles. The van der Waals surface area contributed by atoms with Crippen LogP contribution in [0.3, 0.4) is 0 Å². The number of hydrogen-bond acceptors (Lipinski definition) is 7. The van der Waals surface area contributed by atoms with Crippen LogP contribution in [0.15, 0.2) is 60.7 Å². The third-order valence-corrected chi connectivity index (χ3v) is 6.38. The maximum atomic E-state index is 13.0. The fourth-order valence-electron chi connectivity index (χ4n) is 4.04. The van der Waals surface area contributed by atoms with Gasteiger partial charge in [-0.2, -0.15) is 0 Å². The minimum atomic E-state index is -0.571. The number of carbonyl (C=O) groups is 2. The molecule has 4 rings (SSSR count). The molecular formula is C26H25ClN4O6. The van der Waals surface area contributed by atoms with Gasteiger partial charge in [-0.25, -0.2) is 0 Å². The highest BCUT2D eigenvalue weighted by Crippen LogP contribution is 2.26. The maximum absolute atomic E-state index is 13.0. The molecule has 0 unspecified atom stereocenters. The number of ether oxygens (including phenoxy) is 2. The first kappa shape index (κ1) is 25.8. The fourth-order valence-corrected chi connectivity index (χ4v) is 4.30. The molecule has 3 aromatic rings.